The number of allylic oxidation sites excluding steroid dienone is 1. The summed E-state index contributed by atoms with van der Waals surface area (Å²) in [4.78, 5) is 31.8. The van der Waals surface area contributed by atoms with E-state index in [2.05, 4.69) is 46.2 Å². The van der Waals surface area contributed by atoms with Gasteiger partial charge in [-0.1, -0.05) is 24.3 Å². The molecule has 2 aromatic rings. The van der Waals surface area contributed by atoms with Gasteiger partial charge < -0.3 is 10.3 Å². The number of piperidine rings is 1. The van der Waals surface area contributed by atoms with E-state index in [1.165, 1.54) is 11.1 Å². The first-order valence-corrected chi connectivity index (χ1v) is 11.5. The molecule has 1 fully saturated rings. The first-order chi connectivity index (χ1) is 15.5. The van der Waals surface area contributed by atoms with E-state index in [-0.39, 0.29) is 11.9 Å². The van der Waals surface area contributed by atoms with E-state index in [4.69, 9.17) is 0 Å². The lowest BCUT2D eigenvalue weighted by molar-refractivity contribution is -0.125. The van der Waals surface area contributed by atoms with E-state index in [9.17, 15) is 9.59 Å². The summed E-state index contributed by atoms with van der Waals surface area (Å²) in [7, 11) is 3.61. The highest BCUT2D eigenvalue weighted by Gasteiger charge is 2.24. The molecule has 1 aliphatic rings. The summed E-state index contributed by atoms with van der Waals surface area (Å²) < 4.78 is 0. The van der Waals surface area contributed by atoms with Crippen molar-refractivity contribution in [2.24, 2.45) is 0 Å². The van der Waals surface area contributed by atoms with Crippen molar-refractivity contribution >= 4 is 12.2 Å². The Labute approximate surface area is 191 Å². The highest BCUT2D eigenvalue weighted by Crippen LogP contribution is 2.30. The predicted molar refractivity (Wildman–Crippen MR) is 129 cm³/mol. The third-order valence-corrected chi connectivity index (χ3v) is 6.57. The third kappa shape index (κ3) is 6.17. The molecule has 6 nitrogen and oxygen atoms in total. The summed E-state index contributed by atoms with van der Waals surface area (Å²) in [5, 5.41) is 2.76. The summed E-state index contributed by atoms with van der Waals surface area (Å²) in [5.74, 6) is 0.491. The maximum atomic E-state index is 12.4. The van der Waals surface area contributed by atoms with Crippen molar-refractivity contribution in [1.82, 2.24) is 20.1 Å². The van der Waals surface area contributed by atoms with Crippen molar-refractivity contribution in [3.8, 4) is 0 Å². The number of benzene rings is 1. The molecule has 2 N–H and O–H groups in total. The third-order valence-electron chi connectivity index (χ3n) is 6.57. The van der Waals surface area contributed by atoms with Crippen LogP contribution in [0.3, 0.4) is 0 Å². The molecule has 0 spiro atoms. The molecule has 2 heterocycles. The number of nitrogens with zero attached hydrogens (tertiary/aromatic N) is 2. The van der Waals surface area contributed by atoms with E-state index in [0.29, 0.717) is 24.4 Å². The number of hydrogen-bond acceptors (Lipinski definition) is 4. The zero-order valence-corrected chi connectivity index (χ0v) is 19.3. The molecule has 1 aliphatic heterocycles. The summed E-state index contributed by atoms with van der Waals surface area (Å²) in [6, 6.07) is 8.11. The van der Waals surface area contributed by atoms with Crippen LogP contribution in [0.4, 0.5) is 0 Å². The standard InChI is InChI=1S/C26H36N4O2/c1-4-5-6-25(26(32)27-2)29(3)18-24-15-22(7-8-23(24)19-31)21-10-13-30(14-11-21)17-20-9-12-28-16-20/h4,7-9,12,15-16,19,21,25,28H,1,5-6,10-11,13-14,17-18H2,2-3H3,(H,27,32). The monoisotopic (exact) mass is 436 g/mol. The molecule has 1 saturated heterocycles. The number of rotatable bonds is 11. The van der Waals surface area contributed by atoms with Crippen LogP contribution in [0.1, 0.15) is 58.6 Å². The van der Waals surface area contributed by atoms with Crippen molar-refractivity contribution in [2.75, 3.05) is 27.2 Å². The number of carbonyl (C=O) groups excluding carboxylic acids is 2. The zero-order valence-electron chi connectivity index (χ0n) is 19.3. The van der Waals surface area contributed by atoms with Gasteiger partial charge in [-0.2, -0.15) is 0 Å². The van der Waals surface area contributed by atoms with Crippen LogP contribution in [0.5, 0.6) is 0 Å². The van der Waals surface area contributed by atoms with E-state index < -0.39 is 0 Å². The van der Waals surface area contributed by atoms with Crippen molar-refractivity contribution in [2.45, 2.75) is 50.7 Å². The van der Waals surface area contributed by atoms with Gasteiger partial charge >= 0.3 is 0 Å². The Hall–Kier alpha value is -2.70. The minimum Gasteiger partial charge on any atom is -0.367 e. The van der Waals surface area contributed by atoms with Gasteiger partial charge in [-0.3, -0.25) is 19.4 Å². The minimum absolute atomic E-state index is 0.00653. The molecule has 172 valence electrons. The first-order valence-electron chi connectivity index (χ1n) is 11.5. The van der Waals surface area contributed by atoms with Crippen molar-refractivity contribution in [3.63, 3.8) is 0 Å². The van der Waals surface area contributed by atoms with Gasteiger partial charge in [-0.25, -0.2) is 0 Å². The summed E-state index contributed by atoms with van der Waals surface area (Å²) in [5.41, 5.74) is 4.31. The fourth-order valence-electron chi connectivity index (χ4n) is 4.64. The topological polar surface area (TPSA) is 68.4 Å². The smallest absolute Gasteiger partial charge is 0.237 e. The fourth-order valence-corrected chi connectivity index (χ4v) is 4.64. The molecule has 0 aliphatic carbocycles. The van der Waals surface area contributed by atoms with Crippen LogP contribution in [0.2, 0.25) is 0 Å². The Kier molecular flexibility index (Phi) is 8.82. The molecule has 1 amide bonds. The Bertz CT molecular complexity index is 885. The second-order valence-electron chi connectivity index (χ2n) is 8.76. The maximum Gasteiger partial charge on any atom is 0.237 e. The molecule has 0 bridgehead atoms. The molecule has 1 atom stereocenters. The van der Waals surface area contributed by atoms with Crippen LogP contribution in [-0.4, -0.2) is 60.2 Å². The van der Waals surface area contributed by atoms with Gasteiger partial charge in [0.2, 0.25) is 5.91 Å². The molecule has 0 radical (unpaired) electrons. The number of carbonyl (C=O) groups is 2. The Morgan fingerprint density at radius 1 is 1.34 bits per heavy atom. The van der Waals surface area contributed by atoms with Crippen LogP contribution >= 0.6 is 0 Å². The average Bonchev–Trinajstić information content (AvgIpc) is 3.32. The van der Waals surface area contributed by atoms with Crippen molar-refractivity contribution in [3.05, 3.63) is 71.6 Å². The lowest BCUT2D eigenvalue weighted by atomic mass is 9.87. The number of likely N-dealkylation sites (N-methyl/N-ethyl adjacent to an activating group) is 2. The number of aromatic amines is 1. The second kappa shape index (κ2) is 11.8. The maximum absolute atomic E-state index is 12.4. The number of hydrogen-bond donors (Lipinski definition) is 2. The summed E-state index contributed by atoms with van der Waals surface area (Å²) >= 11 is 0. The SMILES string of the molecule is C=CCCC(C(=O)NC)N(C)Cc1cc(C2CCN(Cc3cc[nH]c3)CC2)ccc1C=O. The molecule has 6 heteroatoms. The Balaban J connectivity index is 1.67. The van der Waals surface area contributed by atoms with E-state index in [0.717, 1.165) is 50.7 Å². The number of nitrogens with one attached hydrogen (secondary N) is 2. The predicted octanol–water partition coefficient (Wildman–Crippen LogP) is 3.72. The molecule has 1 aromatic carbocycles. The minimum atomic E-state index is -0.252. The summed E-state index contributed by atoms with van der Waals surface area (Å²) in [6.45, 7) is 7.46. The van der Waals surface area contributed by atoms with Gasteiger partial charge in [0.1, 0.15) is 6.29 Å². The molecule has 32 heavy (non-hydrogen) atoms. The van der Waals surface area contributed by atoms with Crippen LogP contribution in [-0.2, 0) is 17.9 Å². The fraction of sp³-hybridized carbons (Fsp3) is 0.462. The molecule has 1 unspecified atom stereocenters. The van der Waals surface area contributed by atoms with Gasteiger partial charge in [0.05, 0.1) is 6.04 Å². The first kappa shape index (κ1) is 24.0. The zero-order chi connectivity index (χ0) is 22.9. The van der Waals surface area contributed by atoms with Gasteiger partial charge in [-0.05, 0) is 74.5 Å². The van der Waals surface area contributed by atoms with E-state index in [1.807, 2.05) is 30.3 Å². The lowest BCUT2D eigenvalue weighted by Gasteiger charge is -2.32. The number of amides is 1. The van der Waals surface area contributed by atoms with Gasteiger partial charge in [0.15, 0.2) is 0 Å². The molecular formula is C26H36N4O2. The lowest BCUT2D eigenvalue weighted by Crippen LogP contribution is -2.43. The summed E-state index contributed by atoms with van der Waals surface area (Å²) in [6.07, 6.45) is 10.5. The van der Waals surface area contributed by atoms with Gasteiger partial charge in [0, 0.05) is 38.1 Å². The van der Waals surface area contributed by atoms with Crippen LogP contribution < -0.4 is 5.32 Å². The largest absolute Gasteiger partial charge is 0.367 e. The number of aldehydes is 1. The highest BCUT2D eigenvalue weighted by molar-refractivity contribution is 5.81. The normalized spacial score (nSPS) is 16.1. The number of likely N-dealkylation sites (tertiary alicyclic amines) is 1. The Morgan fingerprint density at radius 2 is 2.12 bits per heavy atom. The highest BCUT2D eigenvalue weighted by atomic mass is 16.2. The van der Waals surface area contributed by atoms with Gasteiger partial charge in [-0.15, -0.1) is 6.58 Å². The van der Waals surface area contributed by atoms with E-state index in [1.54, 1.807) is 7.05 Å². The van der Waals surface area contributed by atoms with Crippen LogP contribution in [0.25, 0.3) is 0 Å². The van der Waals surface area contributed by atoms with Gasteiger partial charge in [0.25, 0.3) is 0 Å². The number of H-pyrrole nitrogens is 1. The van der Waals surface area contributed by atoms with Crippen LogP contribution in [0, 0.1) is 0 Å². The molecule has 1 aromatic heterocycles. The molecule has 0 saturated carbocycles. The number of aromatic nitrogens is 1. The van der Waals surface area contributed by atoms with Crippen LogP contribution in [0.15, 0.2) is 49.3 Å². The van der Waals surface area contributed by atoms with E-state index >= 15 is 0 Å². The second-order valence-corrected chi connectivity index (χ2v) is 8.76. The molecule has 3 rings (SSSR count). The quantitative estimate of drug-likeness (QED) is 0.416. The average molecular weight is 437 g/mol. The molecular weight excluding hydrogens is 400 g/mol. The van der Waals surface area contributed by atoms with Crippen molar-refractivity contribution < 1.29 is 9.59 Å². The van der Waals surface area contributed by atoms with Crippen molar-refractivity contribution in [1.29, 1.82) is 0 Å². The Morgan fingerprint density at radius 3 is 2.75 bits per heavy atom.